The number of hydrogen-bond acceptors (Lipinski definition) is 15. The number of hydrogen-bond donors (Lipinski definition) is 16. The number of fused-ring (bicyclic) bond motifs is 1. The molecule has 0 unspecified atom stereocenters. The number of aliphatic hydroxyl groups is 1. The Kier molecular flexibility index (Phi) is 23.7. The number of guanidine groups is 1. The molecule has 6 rings (SSSR count). The third-order valence-electron chi connectivity index (χ3n) is 14.1. The van der Waals surface area contributed by atoms with Crippen molar-refractivity contribution in [2.24, 2.45) is 28.1 Å². The number of phenolic OH excluding ortho intramolecular Hbond substituents is 1. The molecule has 11 amide bonds. The van der Waals surface area contributed by atoms with Gasteiger partial charge in [-0.25, -0.2) is 4.98 Å². The van der Waals surface area contributed by atoms with Gasteiger partial charge in [0.05, 0.1) is 26.0 Å². The highest BCUT2D eigenvalue weighted by Crippen LogP contribution is 2.22. The fourth-order valence-electron chi connectivity index (χ4n) is 9.79. The molecule has 2 aliphatic rings. The van der Waals surface area contributed by atoms with Crippen LogP contribution in [0.1, 0.15) is 75.6 Å². The summed E-state index contributed by atoms with van der Waals surface area (Å²) in [6.45, 7) is 1.62. The summed E-state index contributed by atoms with van der Waals surface area (Å²) in [6.07, 6.45) is 5.24. The van der Waals surface area contributed by atoms with Gasteiger partial charge in [-0.3, -0.25) is 57.7 Å². The first-order valence-electron chi connectivity index (χ1n) is 27.8. The number of primary amides is 1. The molecule has 2 aromatic carbocycles. The largest absolute Gasteiger partial charge is 0.508 e. The number of aliphatic hydroxyl groups excluding tert-OH is 1. The Balaban J connectivity index is 1.16. The third-order valence-corrected chi connectivity index (χ3v) is 14.1. The number of nitrogens with zero attached hydrogens (tertiary/aromatic N) is 3. The Morgan fingerprint density at radius 3 is 2.04 bits per heavy atom. The van der Waals surface area contributed by atoms with Gasteiger partial charge in [0.2, 0.25) is 65.0 Å². The van der Waals surface area contributed by atoms with E-state index in [4.69, 9.17) is 17.2 Å². The zero-order chi connectivity index (χ0) is 61.7. The average molecular weight is 1180 g/mol. The third kappa shape index (κ3) is 19.5. The highest BCUT2D eigenvalue weighted by molar-refractivity contribution is 5.99. The number of aromatic amines is 2. The number of nitrogens with one attached hydrogen (secondary N) is 11. The minimum atomic E-state index is -1.76. The van der Waals surface area contributed by atoms with Crippen LogP contribution in [0.5, 0.6) is 5.75 Å². The molecule has 458 valence electrons. The molecule has 2 fully saturated rings. The maximum Gasteiger partial charge on any atom is 0.245 e. The molecule has 2 aromatic heterocycles. The van der Waals surface area contributed by atoms with Crippen molar-refractivity contribution in [2.45, 2.75) is 126 Å². The summed E-state index contributed by atoms with van der Waals surface area (Å²) in [4.78, 5) is 164. The van der Waals surface area contributed by atoms with Crippen LogP contribution in [0, 0.1) is 5.92 Å². The Hall–Kier alpha value is -9.61. The molecule has 85 heavy (non-hydrogen) atoms. The van der Waals surface area contributed by atoms with E-state index in [1.54, 1.807) is 44.3 Å². The number of H-pyrrole nitrogens is 2. The maximum atomic E-state index is 14.4. The summed E-state index contributed by atoms with van der Waals surface area (Å²) in [5.74, 6) is -8.86. The lowest BCUT2D eigenvalue weighted by Crippen LogP contribution is -2.60. The fourth-order valence-corrected chi connectivity index (χ4v) is 9.79. The van der Waals surface area contributed by atoms with Gasteiger partial charge in [0, 0.05) is 67.8 Å². The van der Waals surface area contributed by atoms with Crippen molar-refractivity contribution in [3.63, 3.8) is 0 Å². The summed E-state index contributed by atoms with van der Waals surface area (Å²) >= 11 is 0. The molecule has 0 aliphatic carbocycles. The molecule has 0 bridgehead atoms. The van der Waals surface area contributed by atoms with Gasteiger partial charge in [-0.05, 0) is 73.8 Å². The van der Waals surface area contributed by atoms with Crippen LogP contribution in [0.25, 0.3) is 10.9 Å². The Bertz CT molecular complexity index is 3060. The number of phenols is 1. The van der Waals surface area contributed by atoms with Gasteiger partial charge in [0.25, 0.3) is 0 Å². The lowest BCUT2D eigenvalue weighted by atomic mass is 10.0. The SMILES string of the molecule is CC(C)C[C@H](NC(=O)CNC(=O)[C@@H](Cc1ccc(O)cc1)NC(=O)[C@H](CO)NC(=O)[C@H](Cc1c[nH]c2ccccc12)NC(=O)[C@H](Cc1cnc[nH]1)NC(=O)[C@@H]1CCC(=O)N1)C(=O)N[C@@H](CCCN=C(N)N)C(=O)N1CCC[C@H]1C(=O)NCC(N)=O. The van der Waals surface area contributed by atoms with Crippen molar-refractivity contribution < 1.29 is 63.0 Å². The number of aromatic nitrogens is 3. The first-order valence-corrected chi connectivity index (χ1v) is 27.8. The standard InChI is InChI=1S/C55H75N17O13/c1-29(2)19-38(49(80)67-37(9-5-17-60-55(57)58)54(85)72-18-6-10-43(72)53(84)62-25-44(56)75)66-46(77)26-63-47(78)39(20-30-11-13-33(74)14-12-30)68-52(83)42(27-73)71-50(81)40(21-31-23-61-35-8-4-3-7-34(31)35)69-51(82)41(22-32-24-59-28-64-32)70-48(79)36-15-16-45(76)65-36/h3-4,7-8,11-14,23-24,28-29,36-43,61,73-74H,5-6,9-10,15-22,25-27H2,1-2H3,(H2,56,75)(H,59,64)(H,62,84)(H,63,78)(H,65,76)(H,66,77)(H,67,80)(H,68,83)(H,69,82)(H,70,79)(H,71,81)(H4,57,58,60)/t36-,37-,38-,39+,40-,41-,42-,43-/m0/s1. The number of carbonyl (C=O) groups is 11. The molecule has 4 heterocycles. The highest BCUT2D eigenvalue weighted by atomic mass is 16.3. The van der Waals surface area contributed by atoms with Gasteiger partial charge in [0.1, 0.15) is 54.1 Å². The number of rotatable bonds is 31. The van der Waals surface area contributed by atoms with E-state index in [0.717, 1.165) is 0 Å². The molecule has 0 radical (unpaired) electrons. The molecule has 2 saturated heterocycles. The number of para-hydroxylation sites is 1. The molecule has 30 nitrogen and oxygen atoms in total. The summed E-state index contributed by atoms with van der Waals surface area (Å²) in [6, 6.07) is 2.37. The quantitative estimate of drug-likeness (QED) is 0.0129. The van der Waals surface area contributed by atoms with Crippen LogP contribution in [0.3, 0.4) is 0 Å². The van der Waals surface area contributed by atoms with Crippen LogP contribution >= 0.6 is 0 Å². The highest BCUT2D eigenvalue weighted by Gasteiger charge is 2.39. The van der Waals surface area contributed by atoms with Crippen LogP contribution in [0.4, 0.5) is 0 Å². The molecule has 0 spiro atoms. The number of likely N-dealkylation sites (tertiary alicyclic amines) is 1. The molecule has 2 aliphatic heterocycles. The number of amides is 11. The van der Waals surface area contributed by atoms with Crippen LogP contribution < -0.4 is 65.1 Å². The van der Waals surface area contributed by atoms with Gasteiger partial charge in [-0.1, -0.05) is 44.2 Å². The number of imidazole rings is 1. The molecule has 19 N–H and O–H groups in total. The minimum Gasteiger partial charge on any atom is -0.508 e. The summed E-state index contributed by atoms with van der Waals surface area (Å²) in [5, 5.41) is 44.5. The zero-order valence-electron chi connectivity index (χ0n) is 47.1. The van der Waals surface area contributed by atoms with E-state index < -0.39 is 127 Å². The lowest BCUT2D eigenvalue weighted by molar-refractivity contribution is -0.142. The van der Waals surface area contributed by atoms with Crippen LogP contribution in [-0.4, -0.2) is 182 Å². The molecule has 8 atom stereocenters. The molecule has 4 aromatic rings. The van der Waals surface area contributed by atoms with Gasteiger partial charge in [0.15, 0.2) is 5.96 Å². The maximum absolute atomic E-state index is 14.4. The van der Waals surface area contributed by atoms with Gasteiger partial charge < -0.3 is 90.1 Å². The monoisotopic (exact) mass is 1180 g/mol. The Morgan fingerprint density at radius 1 is 0.729 bits per heavy atom. The van der Waals surface area contributed by atoms with Crippen molar-refractivity contribution >= 4 is 81.8 Å². The van der Waals surface area contributed by atoms with E-state index in [-0.39, 0.29) is 94.4 Å². The van der Waals surface area contributed by atoms with E-state index in [1.165, 1.54) is 41.7 Å². The molecule has 30 heteroatoms. The van der Waals surface area contributed by atoms with Gasteiger partial charge in [-0.15, -0.1) is 0 Å². The Morgan fingerprint density at radius 2 is 1.39 bits per heavy atom. The number of aliphatic imine (C=N–C) groups is 1. The molecular weight excluding hydrogens is 1110 g/mol. The first-order chi connectivity index (χ1) is 40.6. The average Bonchev–Trinajstić information content (AvgIpc) is 4.32. The predicted molar refractivity (Wildman–Crippen MR) is 305 cm³/mol. The minimum absolute atomic E-state index is 0.0156. The summed E-state index contributed by atoms with van der Waals surface area (Å²) in [7, 11) is 0. The first kappa shape index (κ1) is 64.6. The zero-order valence-corrected chi connectivity index (χ0v) is 47.1. The van der Waals surface area contributed by atoms with Crippen LogP contribution in [-0.2, 0) is 72.0 Å². The Labute approximate surface area is 488 Å². The molecular formula is C55H75N17O13. The second-order valence-electron chi connectivity index (χ2n) is 21.2. The van der Waals surface area contributed by atoms with E-state index in [9.17, 15) is 63.0 Å². The second kappa shape index (κ2) is 31.2. The van der Waals surface area contributed by atoms with Crippen molar-refractivity contribution in [1.82, 2.24) is 67.7 Å². The number of benzene rings is 2. The van der Waals surface area contributed by atoms with E-state index >= 15 is 0 Å². The van der Waals surface area contributed by atoms with E-state index in [1.807, 2.05) is 0 Å². The normalized spacial score (nSPS) is 16.8. The fraction of sp³-hybridized carbons (Fsp3) is 0.473. The smallest absolute Gasteiger partial charge is 0.245 e. The number of nitrogens with two attached hydrogens (primary N) is 3. The lowest BCUT2D eigenvalue weighted by Gasteiger charge is -2.30. The van der Waals surface area contributed by atoms with E-state index in [0.29, 0.717) is 34.1 Å². The van der Waals surface area contributed by atoms with Crippen molar-refractivity contribution in [2.75, 3.05) is 32.8 Å². The summed E-state index contributed by atoms with van der Waals surface area (Å²) in [5.41, 5.74) is 18.3. The topological polar surface area (TPSA) is 475 Å². The number of aromatic hydroxyl groups is 1. The van der Waals surface area contributed by atoms with Crippen molar-refractivity contribution in [1.29, 1.82) is 0 Å². The molecule has 0 saturated carbocycles. The second-order valence-corrected chi connectivity index (χ2v) is 21.2. The van der Waals surface area contributed by atoms with Crippen molar-refractivity contribution in [3.05, 3.63) is 84.1 Å². The van der Waals surface area contributed by atoms with Gasteiger partial charge in [-0.2, -0.15) is 0 Å². The van der Waals surface area contributed by atoms with Gasteiger partial charge >= 0.3 is 0 Å². The van der Waals surface area contributed by atoms with Crippen molar-refractivity contribution in [3.8, 4) is 5.75 Å². The van der Waals surface area contributed by atoms with Crippen LogP contribution in [0.2, 0.25) is 0 Å². The predicted octanol–water partition coefficient (Wildman–Crippen LogP) is -4.39. The van der Waals surface area contributed by atoms with Crippen LogP contribution in [0.15, 0.2) is 72.2 Å². The van der Waals surface area contributed by atoms with E-state index in [2.05, 4.69) is 67.8 Å². The summed E-state index contributed by atoms with van der Waals surface area (Å²) < 4.78 is 0. The number of carbonyl (C=O) groups excluding carboxylic acids is 11.